The zero-order valence-corrected chi connectivity index (χ0v) is 13.9. The molecule has 4 rings (SSSR count). The van der Waals surface area contributed by atoms with E-state index < -0.39 is 0 Å². The molecule has 0 aromatic heterocycles. The van der Waals surface area contributed by atoms with Crippen molar-refractivity contribution < 1.29 is 4.79 Å². The number of hydrogen-bond acceptors (Lipinski definition) is 2. The highest BCUT2D eigenvalue weighted by Crippen LogP contribution is 2.38. The summed E-state index contributed by atoms with van der Waals surface area (Å²) in [7, 11) is 0. The van der Waals surface area contributed by atoms with Gasteiger partial charge in [0.15, 0.2) is 0 Å². The third kappa shape index (κ3) is 3.45. The van der Waals surface area contributed by atoms with Crippen LogP contribution in [0.25, 0.3) is 0 Å². The molecule has 2 aliphatic carbocycles. The fourth-order valence-electron chi connectivity index (χ4n) is 3.16. The first-order valence-corrected chi connectivity index (χ1v) is 9.31. The van der Waals surface area contributed by atoms with Crippen molar-refractivity contribution in [3.05, 3.63) is 65.2 Å². The molecule has 0 spiro atoms. The van der Waals surface area contributed by atoms with Crippen molar-refractivity contribution in [1.29, 1.82) is 0 Å². The maximum absolute atomic E-state index is 12.7. The zero-order valence-electron chi connectivity index (χ0n) is 13.1. The van der Waals surface area contributed by atoms with Crippen LogP contribution in [0, 0.1) is 0 Å². The number of rotatable bonds is 5. The van der Waals surface area contributed by atoms with Crippen molar-refractivity contribution in [2.75, 3.05) is 0 Å². The molecule has 1 N–H and O–H groups in total. The van der Waals surface area contributed by atoms with E-state index in [2.05, 4.69) is 35.6 Å². The molecule has 2 aromatic carbocycles. The average molecular weight is 323 g/mol. The van der Waals surface area contributed by atoms with Gasteiger partial charge in [0, 0.05) is 10.9 Å². The lowest BCUT2D eigenvalue weighted by Gasteiger charge is -2.17. The number of thioether (sulfide) groups is 1. The smallest absolute Gasteiger partial charge is 0.238 e. The molecular formula is C20H21NOS. The highest BCUT2D eigenvalue weighted by atomic mass is 32.2. The first-order valence-electron chi connectivity index (χ1n) is 8.43. The van der Waals surface area contributed by atoms with Gasteiger partial charge in [0.05, 0.1) is 0 Å². The standard InChI is InChI=1S/C20H21NOS/c22-20(21-17-10-11-17)19(15-5-2-1-3-6-15)23-18-12-9-14-7-4-8-16(14)13-18/h1-3,5-6,9,12-13,17,19H,4,7-8,10-11H2,(H,21,22)/t19-/m0/s1. The van der Waals surface area contributed by atoms with Crippen LogP contribution in [0.15, 0.2) is 53.4 Å². The Morgan fingerprint density at radius 3 is 2.61 bits per heavy atom. The van der Waals surface area contributed by atoms with Crippen LogP contribution in [0.3, 0.4) is 0 Å². The first-order chi connectivity index (χ1) is 11.3. The van der Waals surface area contributed by atoms with Gasteiger partial charge in [0.1, 0.15) is 5.25 Å². The van der Waals surface area contributed by atoms with E-state index in [1.54, 1.807) is 11.8 Å². The van der Waals surface area contributed by atoms with Gasteiger partial charge in [-0.15, -0.1) is 11.8 Å². The van der Waals surface area contributed by atoms with Gasteiger partial charge in [-0.1, -0.05) is 36.4 Å². The second-order valence-electron chi connectivity index (χ2n) is 6.48. The topological polar surface area (TPSA) is 29.1 Å². The molecule has 1 fully saturated rings. The summed E-state index contributed by atoms with van der Waals surface area (Å²) in [4.78, 5) is 13.9. The number of carbonyl (C=O) groups excluding carboxylic acids is 1. The summed E-state index contributed by atoms with van der Waals surface area (Å²) < 4.78 is 0. The molecule has 23 heavy (non-hydrogen) atoms. The number of amides is 1. The molecule has 2 aromatic rings. The molecule has 0 bridgehead atoms. The van der Waals surface area contributed by atoms with Crippen LogP contribution in [0.2, 0.25) is 0 Å². The molecule has 2 aliphatic rings. The molecule has 0 saturated heterocycles. The number of hydrogen-bond donors (Lipinski definition) is 1. The van der Waals surface area contributed by atoms with Gasteiger partial charge in [-0.2, -0.15) is 0 Å². The third-order valence-corrected chi connectivity index (χ3v) is 5.84. The quantitative estimate of drug-likeness (QED) is 0.832. The number of nitrogens with one attached hydrogen (secondary N) is 1. The van der Waals surface area contributed by atoms with Crippen molar-refractivity contribution in [1.82, 2.24) is 5.32 Å². The van der Waals surface area contributed by atoms with E-state index in [1.165, 1.54) is 35.3 Å². The largest absolute Gasteiger partial charge is 0.352 e. The van der Waals surface area contributed by atoms with Crippen LogP contribution < -0.4 is 5.32 Å². The zero-order chi connectivity index (χ0) is 15.6. The molecule has 0 radical (unpaired) electrons. The minimum absolute atomic E-state index is 0.143. The molecule has 1 atom stereocenters. The second-order valence-corrected chi connectivity index (χ2v) is 7.65. The van der Waals surface area contributed by atoms with Gasteiger partial charge < -0.3 is 5.32 Å². The van der Waals surface area contributed by atoms with Crippen molar-refractivity contribution in [3.8, 4) is 0 Å². The summed E-state index contributed by atoms with van der Waals surface area (Å²) in [5, 5.41) is 3.00. The maximum Gasteiger partial charge on any atom is 0.238 e. The molecule has 0 heterocycles. The fourth-order valence-corrected chi connectivity index (χ4v) is 4.26. The van der Waals surface area contributed by atoms with Gasteiger partial charge in [-0.05, 0) is 60.9 Å². The monoisotopic (exact) mass is 323 g/mol. The molecule has 1 amide bonds. The summed E-state index contributed by atoms with van der Waals surface area (Å²) in [5.41, 5.74) is 4.02. The van der Waals surface area contributed by atoms with Crippen LogP contribution in [0.1, 0.15) is 41.2 Å². The molecule has 0 unspecified atom stereocenters. The van der Waals surface area contributed by atoms with Gasteiger partial charge in [0.2, 0.25) is 5.91 Å². The lowest BCUT2D eigenvalue weighted by molar-refractivity contribution is -0.120. The van der Waals surface area contributed by atoms with E-state index in [-0.39, 0.29) is 11.2 Å². The van der Waals surface area contributed by atoms with Gasteiger partial charge >= 0.3 is 0 Å². The summed E-state index contributed by atoms with van der Waals surface area (Å²) in [6.07, 6.45) is 5.87. The van der Waals surface area contributed by atoms with Crippen LogP contribution in [0.5, 0.6) is 0 Å². The van der Waals surface area contributed by atoms with Crippen molar-refractivity contribution in [3.63, 3.8) is 0 Å². The first kappa shape index (κ1) is 14.8. The van der Waals surface area contributed by atoms with E-state index in [4.69, 9.17) is 0 Å². The van der Waals surface area contributed by atoms with Crippen molar-refractivity contribution >= 4 is 17.7 Å². The molecule has 118 valence electrons. The van der Waals surface area contributed by atoms with Gasteiger partial charge in [0.25, 0.3) is 0 Å². The average Bonchev–Trinajstić information content (AvgIpc) is 3.27. The lowest BCUT2D eigenvalue weighted by atomic mass is 10.1. The van der Waals surface area contributed by atoms with Crippen molar-refractivity contribution in [2.45, 2.75) is 48.3 Å². The van der Waals surface area contributed by atoms with E-state index in [0.717, 1.165) is 18.4 Å². The highest BCUT2D eigenvalue weighted by molar-refractivity contribution is 8.00. The SMILES string of the molecule is O=C(NC1CC1)[C@@H](Sc1ccc2c(c1)CCC2)c1ccccc1. The Balaban J connectivity index is 1.58. The molecule has 0 aliphatic heterocycles. The molecular weight excluding hydrogens is 302 g/mol. The van der Waals surface area contributed by atoms with Crippen LogP contribution in [-0.2, 0) is 17.6 Å². The summed E-state index contributed by atoms with van der Waals surface area (Å²) >= 11 is 1.67. The van der Waals surface area contributed by atoms with Gasteiger partial charge in [-0.3, -0.25) is 4.79 Å². The Kier molecular flexibility index (Phi) is 4.13. The Bertz CT molecular complexity index is 709. The summed E-state index contributed by atoms with van der Waals surface area (Å²) in [5.74, 6) is 0.143. The van der Waals surface area contributed by atoms with Crippen LogP contribution in [0.4, 0.5) is 0 Å². The number of benzene rings is 2. The highest BCUT2D eigenvalue weighted by Gasteiger charge is 2.29. The molecule has 3 heteroatoms. The Morgan fingerprint density at radius 1 is 1.04 bits per heavy atom. The fraction of sp³-hybridized carbons (Fsp3) is 0.350. The molecule has 1 saturated carbocycles. The molecule has 2 nitrogen and oxygen atoms in total. The Labute approximate surface area is 141 Å². The minimum Gasteiger partial charge on any atom is -0.352 e. The summed E-state index contributed by atoms with van der Waals surface area (Å²) in [6.45, 7) is 0. The summed E-state index contributed by atoms with van der Waals surface area (Å²) in [6, 6.07) is 17.2. The van der Waals surface area contributed by atoms with Crippen LogP contribution >= 0.6 is 11.8 Å². The lowest BCUT2D eigenvalue weighted by Crippen LogP contribution is -2.29. The second kappa shape index (κ2) is 6.40. The van der Waals surface area contributed by atoms with Gasteiger partial charge in [-0.25, -0.2) is 0 Å². The maximum atomic E-state index is 12.7. The number of aryl methyl sites for hydroxylation is 2. The van der Waals surface area contributed by atoms with Crippen LogP contribution in [-0.4, -0.2) is 11.9 Å². The van der Waals surface area contributed by atoms with E-state index >= 15 is 0 Å². The number of carbonyl (C=O) groups is 1. The predicted octanol–water partition coefficient (Wildman–Crippen LogP) is 4.29. The van der Waals surface area contributed by atoms with E-state index in [9.17, 15) is 4.79 Å². The third-order valence-electron chi connectivity index (χ3n) is 4.59. The van der Waals surface area contributed by atoms with E-state index in [0.29, 0.717) is 6.04 Å². The van der Waals surface area contributed by atoms with Crippen molar-refractivity contribution in [2.24, 2.45) is 0 Å². The minimum atomic E-state index is -0.170. The predicted molar refractivity (Wildman–Crippen MR) is 94.7 cm³/mol. The van der Waals surface area contributed by atoms with E-state index in [1.807, 2.05) is 18.2 Å². The Morgan fingerprint density at radius 2 is 1.83 bits per heavy atom. The number of fused-ring (bicyclic) bond motifs is 1. The Hall–Kier alpha value is -1.74. The normalized spacial score (nSPS) is 17.6.